The first-order valence-corrected chi connectivity index (χ1v) is 14.4. The minimum Gasteiger partial charge on any atom is -0.504 e. The fourth-order valence-corrected chi connectivity index (χ4v) is 5.69. The number of hydrogen-bond acceptors (Lipinski definition) is 14. The van der Waals surface area contributed by atoms with Crippen molar-refractivity contribution < 1.29 is 54.0 Å². The van der Waals surface area contributed by atoms with E-state index >= 15 is 0 Å². The Morgan fingerprint density at radius 2 is 1.95 bits per heavy atom. The van der Waals surface area contributed by atoms with Crippen molar-refractivity contribution in [2.45, 2.75) is 30.9 Å². The minimum absolute atomic E-state index is 0.0157. The number of nitrogens with one attached hydrogen (secondary N) is 1. The zero-order chi connectivity index (χ0) is 32.3. The monoisotopic (exact) mass is 647 g/mol. The molecule has 0 radical (unpaired) electrons. The van der Waals surface area contributed by atoms with Gasteiger partial charge in [0.2, 0.25) is 5.60 Å². The Bertz CT molecular complexity index is 1630. The lowest BCUT2D eigenvalue weighted by atomic mass is 10.0. The van der Waals surface area contributed by atoms with E-state index in [1.165, 1.54) is 49.2 Å². The highest BCUT2D eigenvalue weighted by Crippen LogP contribution is 2.40. The van der Waals surface area contributed by atoms with Gasteiger partial charge < -0.3 is 41.1 Å². The maximum atomic E-state index is 13.2. The van der Waals surface area contributed by atoms with Gasteiger partial charge in [0.05, 0.1) is 5.56 Å². The molecule has 0 saturated carbocycles. The second-order valence-corrected chi connectivity index (χ2v) is 11.7. The van der Waals surface area contributed by atoms with E-state index in [4.69, 9.17) is 15.3 Å². The molecule has 2 aliphatic rings. The van der Waals surface area contributed by atoms with Gasteiger partial charge in [-0.25, -0.2) is 19.4 Å². The van der Waals surface area contributed by atoms with E-state index in [0.29, 0.717) is 0 Å². The number of aromatic nitrogens is 1. The fourth-order valence-electron chi connectivity index (χ4n) is 3.83. The fraction of sp³-hybridized carbons (Fsp3) is 0.269. The van der Waals surface area contributed by atoms with Crippen molar-refractivity contribution in [1.82, 2.24) is 15.2 Å². The standard InChI is InChI=1S/C26H25N5O11S2/c1-26(2,24(39)40)42-30-16(13-10-44-25(27)28-13)19(34)29-17-20(35)31-18(22(36)37)12(9-43-21(17)31)4-3-7-41-23(38)11-5-6-14(32)15(33)8-11/h3-6,8,10,17,21,32-33H,7,9H2,1-2H3,(H2,27,28)(H,29,34)(H,36,37)(H,39,40)/b4-3+,30-16-. The number of amides is 2. The number of carbonyl (C=O) groups is 5. The summed E-state index contributed by atoms with van der Waals surface area (Å²) in [6, 6.07) is 2.25. The average Bonchev–Trinajstić information content (AvgIpc) is 3.40. The molecule has 1 saturated heterocycles. The van der Waals surface area contributed by atoms with Crippen molar-refractivity contribution in [3.63, 3.8) is 0 Å². The molecular formula is C26H25N5O11S2. The maximum Gasteiger partial charge on any atom is 0.352 e. The lowest BCUT2D eigenvalue weighted by molar-refractivity contribution is -0.161. The molecule has 44 heavy (non-hydrogen) atoms. The number of carboxylic acid groups (broad SMARTS) is 2. The number of carbonyl (C=O) groups excluding carboxylic acids is 3. The topological polar surface area (TPSA) is 251 Å². The van der Waals surface area contributed by atoms with Gasteiger partial charge in [0.15, 0.2) is 22.3 Å². The van der Waals surface area contributed by atoms with Crippen LogP contribution >= 0.6 is 23.1 Å². The number of ether oxygens (including phenoxy) is 1. The smallest absolute Gasteiger partial charge is 0.352 e. The predicted molar refractivity (Wildman–Crippen MR) is 155 cm³/mol. The molecule has 2 aliphatic heterocycles. The zero-order valence-corrected chi connectivity index (χ0v) is 24.5. The van der Waals surface area contributed by atoms with E-state index in [9.17, 15) is 44.4 Å². The molecule has 1 fully saturated rings. The highest BCUT2D eigenvalue weighted by atomic mass is 32.2. The predicted octanol–water partition coefficient (Wildman–Crippen LogP) is 0.872. The van der Waals surface area contributed by atoms with Crippen molar-refractivity contribution in [1.29, 1.82) is 0 Å². The number of carboxylic acids is 2. The number of phenols is 2. The van der Waals surface area contributed by atoms with Gasteiger partial charge in [-0.05, 0) is 43.7 Å². The molecule has 232 valence electrons. The number of benzene rings is 1. The summed E-state index contributed by atoms with van der Waals surface area (Å²) < 4.78 is 5.08. The first-order chi connectivity index (χ1) is 20.7. The van der Waals surface area contributed by atoms with Gasteiger partial charge in [-0.1, -0.05) is 11.2 Å². The number of esters is 1. The Balaban J connectivity index is 1.46. The number of thioether (sulfide) groups is 1. The summed E-state index contributed by atoms with van der Waals surface area (Å²) in [5, 5.41) is 44.9. The molecule has 7 N–H and O–H groups in total. The van der Waals surface area contributed by atoms with Gasteiger partial charge in [-0.15, -0.1) is 23.1 Å². The summed E-state index contributed by atoms with van der Waals surface area (Å²) in [5.74, 6) is -5.97. The molecule has 18 heteroatoms. The van der Waals surface area contributed by atoms with Crippen LogP contribution < -0.4 is 11.1 Å². The van der Waals surface area contributed by atoms with Gasteiger partial charge in [0, 0.05) is 11.1 Å². The van der Waals surface area contributed by atoms with Gasteiger partial charge in [0.1, 0.15) is 29.4 Å². The number of phenolic OH excluding ortho intramolecular Hbond substituents is 2. The van der Waals surface area contributed by atoms with Crippen LogP contribution in [-0.4, -0.2) is 95.1 Å². The van der Waals surface area contributed by atoms with Crippen molar-refractivity contribution in [3.8, 4) is 11.5 Å². The highest BCUT2D eigenvalue weighted by molar-refractivity contribution is 8.00. The number of thiazole rings is 1. The summed E-state index contributed by atoms with van der Waals surface area (Å²) in [4.78, 5) is 72.0. The van der Waals surface area contributed by atoms with Crippen LogP contribution in [0.25, 0.3) is 0 Å². The molecule has 0 spiro atoms. The lowest BCUT2D eigenvalue weighted by Crippen LogP contribution is -2.71. The van der Waals surface area contributed by atoms with Gasteiger partial charge in [0.25, 0.3) is 11.8 Å². The van der Waals surface area contributed by atoms with Crippen molar-refractivity contribution in [2.75, 3.05) is 18.1 Å². The number of nitrogens with two attached hydrogens (primary N) is 1. The van der Waals surface area contributed by atoms with Crippen LogP contribution in [0.3, 0.4) is 0 Å². The first-order valence-electron chi connectivity index (χ1n) is 12.5. The molecule has 0 aliphatic carbocycles. The second kappa shape index (κ2) is 12.6. The molecule has 1 aromatic heterocycles. The second-order valence-electron chi connectivity index (χ2n) is 9.66. The number of β-lactam (4-membered cyclic amide) rings is 1. The number of nitrogen functional groups attached to an aromatic ring is 1. The summed E-state index contributed by atoms with van der Waals surface area (Å²) in [6.07, 6.45) is 2.77. The molecule has 0 bridgehead atoms. The van der Waals surface area contributed by atoms with Crippen LogP contribution in [0.1, 0.15) is 29.9 Å². The Kier molecular flexibility index (Phi) is 9.14. The molecule has 3 heterocycles. The number of fused-ring (bicyclic) bond motifs is 1. The Morgan fingerprint density at radius 3 is 2.57 bits per heavy atom. The third kappa shape index (κ3) is 6.60. The van der Waals surface area contributed by atoms with Gasteiger partial charge in [-0.3, -0.25) is 14.5 Å². The van der Waals surface area contributed by atoms with E-state index in [-0.39, 0.29) is 40.0 Å². The third-order valence-electron chi connectivity index (χ3n) is 6.19. The molecule has 4 rings (SSSR count). The molecule has 2 atom stereocenters. The molecule has 16 nitrogen and oxygen atoms in total. The van der Waals surface area contributed by atoms with E-state index < -0.39 is 63.9 Å². The quantitative estimate of drug-likeness (QED) is 0.0651. The number of anilines is 1. The first kappa shape index (κ1) is 31.8. The number of hydrogen-bond donors (Lipinski definition) is 6. The van der Waals surface area contributed by atoms with Gasteiger partial charge in [-0.2, -0.15) is 0 Å². The Hall–Kier alpha value is -5.10. The lowest BCUT2D eigenvalue weighted by Gasteiger charge is -2.49. The molecule has 1 aromatic carbocycles. The van der Waals surface area contributed by atoms with Crippen molar-refractivity contribution in [2.24, 2.45) is 5.16 Å². The number of nitrogens with zero attached hydrogens (tertiary/aromatic N) is 3. The number of aliphatic carboxylic acids is 2. The third-order valence-corrected chi connectivity index (χ3v) is 8.16. The van der Waals surface area contributed by atoms with E-state index in [0.717, 1.165) is 28.4 Å². The number of rotatable bonds is 11. The largest absolute Gasteiger partial charge is 0.504 e. The normalized spacial score (nSPS) is 18.5. The van der Waals surface area contributed by atoms with E-state index in [1.807, 2.05) is 0 Å². The molecule has 2 unspecified atom stereocenters. The van der Waals surface area contributed by atoms with Crippen LogP contribution in [0.5, 0.6) is 11.5 Å². The number of allylic oxidation sites excluding steroid dienone is 1. The Labute approximate surface area is 256 Å². The summed E-state index contributed by atoms with van der Waals surface area (Å²) in [6.45, 7) is 2.17. The number of oxime groups is 1. The summed E-state index contributed by atoms with van der Waals surface area (Å²) in [5.41, 5.74) is 3.32. The minimum atomic E-state index is -1.80. The molecule has 2 amide bonds. The average molecular weight is 648 g/mol. The van der Waals surface area contributed by atoms with Crippen LogP contribution in [0, 0.1) is 0 Å². The van der Waals surface area contributed by atoms with Gasteiger partial charge >= 0.3 is 17.9 Å². The van der Waals surface area contributed by atoms with Crippen molar-refractivity contribution in [3.05, 3.63) is 58.3 Å². The maximum absolute atomic E-state index is 13.2. The Morgan fingerprint density at radius 1 is 1.23 bits per heavy atom. The highest BCUT2D eigenvalue weighted by Gasteiger charge is 2.54. The summed E-state index contributed by atoms with van der Waals surface area (Å²) >= 11 is 2.16. The van der Waals surface area contributed by atoms with Crippen LogP contribution in [0.2, 0.25) is 0 Å². The van der Waals surface area contributed by atoms with Crippen LogP contribution in [0.4, 0.5) is 5.13 Å². The molecule has 2 aromatic rings. The van der Waals surface area contributed by atoms with Crippen LogP contribution in [-0.2, 0) is 28.8 Å². The van der Waals surface area contributed by atoms with E-state index in [1.54, 1.807) is 0 Å². The molecular weight excluding hydrogens is 622 g/mol. The summed E-state index contributed by atoms with van der Waals surface area (Å²) in [7, 11) is 0. The van der Waals surface area contributed by atoms with Crippen molar-refractivity contribution >= 4 is 63.7 Å². The zero-order valence-electron chi connectivity index (χ0n) is 22.9. The SMILES string of the molecule is CC(C)(O/N=C(\C(=O)NC1C(=O)N2C(C(=O)O)=C(/C=C/COC(=O)c3ccc(O)c(O)c3)CSC12)c1csc(N)n1)C(=O)O. The van der Waals surface area contributed by atoms with Crippen LogP contribution in [0.15, 0.2) is 52.2 Å². The van der Waals surface area contributed by atoms with E-state index in [2.05, 4.69) is 15.5 Å². The number of aromatic hydroxyl groups is 2.